The van der Waals surface area contributed by atoms with Gasteiger partial charge in [-0.05, 0) is 0 Å². The van der Waals surface area contributed by atoms with Crippen molar-refractivity contribution in [1.82, 2.24) is 25.0 Å². The number of aliphatic carboxylic acids is 1. The molecule has 0 bridgehead atoms. The largest absolute Gasteiger partial charge is 0.480 e. The molecule has 0 amide bonds. The predicted molar refractivity (Wildman–Crippen MR) is 91.8 cm³/mol. The van der Waals surface area contributed by atoms with Gasteiger partial charge in [-0.15, -0.1) is 5.10 Å². The van der Waals surface area contributed by atoms with Crippen LogP contribution in [0.3, 0.4) is 0 Å². The molecule has 7 N–H and O–H groups in total. The summed E-state index contributed by atoms with van der Waals surface area (Å²) in [5.74, 6) is -0.509. The molecule has 0 aromatic carbocycles. The number of anilines is 1. The van der Waals surface area contributed by atoms with E-state index in [1.807, 2.05) is 6.26 Å². The minimum absolute atomic E-state index is 0.142. The molecule has 2 aromatic rings. The predicted octanol–water partition coefficient (Wildman–Crippen LogP) is -2.57. The number of rotatable bonds is 6. The van der Waals surface area contributed by atoms with Gasteiger partial charge in [-0.2, -0.15) is 4.68 Å². The number of carboxylic acid groups (broad SMARTS) is 1. The molecule has 12 nitrogen and oxygen atoms in total. The highest BCUT2D eigenvalue weighted by atomic mass is 32.2. The van der Waals surface area contributed by atoms with E-state index in [1.165, 1.54) is 11.0 Å². The van der Waals surface area contributed by atoms with Gasteiger partial charge in [-0.25, -0.2) is 9.97 Å². The van der Waals surface area contributed by atoms with Crippen molar-refractivity contribution < 1.29 is 24.9 Å². The van der Waals surface area contributed by atoms with Gasteiger partial charge in [0.1, 0.15) is 30.5 Å². The minimum atomic E-state index is -1.26. The molecule has 2 aromatic heterocycles. The monoisotopic (exact) mass is 386 g/mol. The lowest BCUT2D eigenvalue weighted by Crippen LogP contribution is -2.39. The van der Waals surface area contributed by atoms with E-state index in [4.69, 9.17) is 21.3 Å². The first-order valence-electron chi connectivity index (χ1n) is 7.74. The summed E-state index contributed by atoms with van der Waals surface area (Å²) >= 11 is 0. The Balaban J connectivity index is 1.77. The van der Waals surface area contributed by atoms with Gasteiger partial charge in [0.2, 0.25) is 5.44 Å². The van der Waals surface area contributed by atoms with E-state index >= 15 is 0 Å². The fraction of sp³-hybridized carbons (Fsp3) is 0.615. The number of nitrogens with zero attached hydrogens (tertiary/aromatic N) is 5. The highest BCUT2D eigenvalue weighted by Gasteiger charge is 2.52. The number of carbonyl (C=O) groups is 1. The molecular weight excluding hydrogens is 366 g/mol. The van der Waals surface area contributed by atoms with Crippen LogP contribution in [-0.2, 0) is 20.4 Å². The summed E-state index contributed by atoms with van der Waals surface area (Å²) < 4.78 is 7.07. The number of aromatic nitrogens is 5. The van der Waals surface area contributed by atoms with Crippen molar-refractivity contribution in [2.75, 3.05) is 17.7 Å². The Bertz CT molecular complexity index is 804. The van der Waals surface area contributed by atoms with Crippen LogP contribution < -0.4 is 11.5 Å². The summed E-state index contributed by atoms with van der Waals surface area (Å²) in [6, 6.07) is -0.983. The molecule has 6 atom stereocenters. The summed E-state index contributed by atoms with van der Waals surface area (Å²) in [5.41, 5.74) is 11.1. The molecule has 0 spiro atoms. The van der Waals surface area contributed by atoms with E-state index in [0.29, 0.717) is 5.75 Å². The van der Waals surface area contributed by atoms with Crippen LogP contribution >= 0.6 is 0 Å². The minimum Gasteiger partial charge on any atom is -0.480 e. The fourth-order valence-corrected chi connectivity index (χ4v) is 4.47. The van der Waals surface area contributed by atoms with Gasteiger partial charge in [0, 0.05) is 17.3 Å². The molecule has 1 saturated heterocycles. The van der Waals surface area contributed by atoms with Gasteiger partial charge in [-0.3, -0.25) is 4.79 Å². The van der Waals surface area contributed by atoms with E-state index in [9.17, 15) is 15.0 Å². The molecular formula is C13H20N7O5S+. The van der Waals surface area contributed by atoms with Gasteiger partial charge >= 0.3 is 5.97 Å². The number of nitrogens with two attached hydrogens (primary N) is 2. The van der Waals surface area contributed by atoms with E-state index in [-0.39, 0.29) is 23.4 Å². The van der Waals surface area contributed by atoms with Gasteiger partial charge in [-0.1, -0.05) is 5.21 Å². The van der Waals surface area contributed by atoms with Gasteiger partial charge in [0.25, 0.3) is 0 Å². The standard InChI is InChI=1S/C13H19N7O5S/c1-26(3-2-5(14)12(23)24)13-8(22)7(21)11(25-13)20-10-6(18-19-20)9(15)16-4-17-10/h4-5,7-8,11,13,21-22H,2-3,14H2,1H3,(H2-,15,16,17,19,23,24)/p+1/t5-,7+,8-,11+,13+,26?/m0/s1. The molecule has 1 unspecified atom stereocenters. The maximum absolute atomic E-state index is 10.8. The first-order valence-corrected chi connectivity index (χ1v) is 9.60. The molecule has 142 valence electrons. The number of fused-ring (bicyclic) bond motifs is 1. The normalized spacial score (nSPS) is 28.3. The highest BCUT2D eigenvalue weighted by molar-refractivity contribution is 7.96. The van der Waals surface area contributed by atoms with E-state index in [1.54, 1.807) is 0 Å². The second-order valence-corrected chi connectivity index (χ2v) is 8.22. The topological polar surface area (TPSA) is 196 Å². The molecule has 0 radical (unpaired) electrons. The lowest BCUT2D eigenvalue weighted by atomic mass is 10.2. The summed E-state index contributed by atoms with van der Waals surface area (Å²) in [5, 5.41) is 37.4. The Labute approximate surface area is 150 Å². The Hall–Kier alpha value is -2.06. The molecule has 1 aliphatic heterocycles. The molecule has 1 fully saturated rings. The number of aliphatic hydroxyl groups is 2. The third-order valence-electron chi connectivity index (χ3n) is 4.19. The number of ether oxygens (including phenoxy) is 1. The van der Waals surface area contributed by atoms with E-state index in [0.717, 1.165) is 0 Å². The van der Waals surface area contributed by atoms with Crippen LogP contribution in [0.1, 0.15) is 12.6 Å². The molecule has 3 rings (SSSR count). The SMILES string of the molecule is C[S+](CC[C@H](N)C(=O)O)[C@H]1O[C@@H](n2nnc3c(N)ncnc32)[C@H](O)[C@@H]1O. The van der Waals surface area contributed by atoms with Crippen molar-refractivity contribution >= 4 is 33.8 Å². The number of hydrogen-bond donors (Lipinski definition) is 5. The van der Waals surface area contributed by atoms with Crippen LogP contribution in [0.25, 0.3) is 11.2 Å². The Morgan fingerprint density at radius 1 is 1.42 bits per heavy atom. The smallest absolute Gasteiger partial charge is 0.320 e. The molecule has 0 saturated carbocycles. The second kappa shape index (κ2) is 7.28. The molecule has 13 heteroatoms. The molecule has 26 heavy (non-hydrogen) atoms. The highest BCUT2D eigenvalue weighted by Crippen LogP contribution is 2.34. The van der Waals surface area contributed by atoms with E-state index in [2.05, 4.69) is 20.3 Å². The van der Waals surface area contributed by atoms with Gasteiger partial charge in [0.15, 0.2) is 29.3 Å². The lowest BCUT2D eigenvalue weighted by molar-refractivity contribution is -0.138. The van der Waals surface area contributed by atoms with Crippen LogP contribution in [0.5, 0.6) is 0 Å². The first-order chi connectivity index (χ1) is 12.3. The van der Waals surface area contributed by atoms with Crippen LogP contribution in [-0.4, -0.2) is 81.9 Å². The van der Waals surface area contributed by atoms with Crippen LogP contribution in [0.15, 0.2) is 6.33 Å². The van der Waals surface area contributed by atoms with E-state index < -0.39 is 46.8 Å². The van der Waals surface area contributed by atoms with Crippen LogP contribution in [0.4, 0.5) is 5.82 Å². The van der Waals surface area contributed by atoms with Crippen LogP contribution in [0, 0.1) is 0 Å². The average molecular weight is 386 g/mol. The number of aliphatic hydroxyl groups excluding tert-OH is 2. The molecule has 0 aliphatic carbocycles. The van der Waals surface area contributed by atoms with Crippen molar-refractivity contribution in [3.63, 3.8) is 0 Å². The zero-order valence-corrected chi connectivity index (χ0v) is 14.7. The van der Waals surface area contributed by atoms with Crippen molar-refractivity contribution in [2.45, 2.75) is 36.3 Å². The van der Waals surface area contributed by atoms with Crippen molar-refractivity contribution in [3.8, 4) is 0 Å². The van der Waals surface area contributed by atoms with Gasteiger partial charge in [0.05, 0.1) is 0 Å². The summed E-state index contributed by atoms with van der Waals surface area (Å²) in [6.45, 7) is 0. The second-order valence-electron chi connectivity index (χ2n) is 5.97. The Morgan fingerprint density at radius 3 is 2.85 bits per heavy atom. The van der Waals surface area contributed by atoms with Crippen molar-refractivity contribution in [1.29, 1.82) is 0 Å². The number of carboxylic acids is 1. The zero-order valence-electron chi connectivity index (χ0n) is 13.8. The summed E-state index contributed by atoms with van der Waals surface area (Å²) in [4.78, 5) is 18.7. The zero-order chi connectivity index (χ0) is 19.0. The third-order valence-corrected chi connectivity index (χ3v) is 6.25. The van der Waals surface area contributed by atoms with Crippen molar-refractivity contribution in [2.24, 2.45) is 5.73 Å². The average Bonchev–Trinajstić information content (AvgIpc) is 3.15. The Kier molecular flexibility index (Phi) is 5.24. The van der Waals surface area contributed by atoms with Crippen LogP contribution in [0.2, 0.25) is 0 Å². The maximum atomic E-state index is 10.8. The quantitative estimate of drug-likeness (QED) is 0.327. The lowest BCUT2D eigenvalue weighted by Gasteiger charge is -2.15. The van der Waals surface area contributed by atoms with Crippen molar-refractivity contribution in [3.05, 3.63) is 6.33 Å². The summed E-state index contributed by atoms with van der Waals surface area (Å²) in [6.07, 6.45) is -0.144. The summed E-state index contributed by atoms with van der Waals surface area (Å²) in [7, 11) is -0.548. The first kappa shape index (κ1) is 18.7. The third kappa shape index (κ3) is 3.31. The Morgan fingerprint density at radius 2 is 2.15 bits per heavy atom. The molecule has 1 aliphatic rings. The number of hydrogen-bond acceptors (Lipinski definition) is 10. The maximum Gasteiger partial charge on any atom is 0.320 e. The number of nitrogen functional groups attached to an aromatic ring is 1. The van der Waals surface area contributed by atoms with Gasteiger partial charge < -0.3 is 31.5 Å². The fourth-order valence-electron chi connectivity index (χ4n) is 2.67. The molecule has 3 heterocycles.